The average Bonchev–Trinajstić information content (AvgIpc) is 3.45. The van der Waals surface area contributed by atoms with Crippen LogP contribution in [-0.4, -0.2) is 137 Å². The summed E-state index contributed by atoms with van der Waals surface area (Å²) in [5.41, 5.74) is 2.76. The van der Waals surface area contributed by atoms with Crippen molar-refractivity contribution in [2.24, 2.45) is 23.7 Å². The van der Waals surface area contributed by atoms with Crippen LogP contribution >= 0.6 is 0 Å². The molecule has 2 amide bonds. The summed E-state index contributed by atoms with van der Waals surface area (Å²) >= 11 is 0. The molecular formula is C40H45F4N9O4. The number of halogens is 4. The van der Waals surface area contributed by atoms with E-state index in [-0.39, 0.29) is 35.5 Å². The molecule has 4 saturated heterocycles. The summed E-state index contributed by atoms with van der Waals surface area (Å²) in [5.74, 6) is -4.53. The summed E-state index contributed by atoms with van der Waals surface area (Å²) in [6.45, 7) is 6.45. The van der Waals surface area contributed by atoms with Crippen molar-refractivity contribution in [3.63, 3.8) is 0 Å². The van der Waals surface area contributed by atoms with E-state index >= 15 is 8.78 Å². The van der Waals surface area contributed by atoms with Gasteiger partial charge in [0, 0.05) is 101 Å². The number of nitrogens with one attached hydrogen (secondary N) is 2. The number of aliphatic hydroxyl groups excluding tert-OH is 1. The zero-order valence-electron chi connectivity index (χ0n) is 31.3. The number of benzene rings is 2. The minimum atomic E-state index is -2.89. The van der Waals surface area contributed by atoms with Crippen molar-refractivity contribution in [2.45, 2.75) is 50.0 Å². The van der Waals surface area contributed by atoms with Gasteiger partial charge in [0.05, 0.1) is 30.0 Å². The first-order valence-electron chi connectivity index (χ1n) is 20.0. The summed E-state index contributed by atoms with van der Waals surface area (Å²) < 4.78 is 59.7. The highest BCUT2D eigenvalue weighted by atomic mass is 19.3. The maximum Gasteiger partial charge on any atom is 0.269 e. The number of piperidine rings is 3. The molecule has 1 aromatic heterocycles. The molecule has 0 radical (unpaired) electrons. The third-order valence-electron chi connectivity index (χ3n) is 13.6. The van der Waals surface area contributed by atoms with Crippen LogP contribution in [0.2, 0.25) is 0 Å². The Bertz CT molecular complexity index is 2120. The molecule has 57 heavy (non-hydrogen) atoms. The van der Waals surface area contributed by atoms with Gasteiger partial charge in [0.25, 0.3) is 11.8 Å². The van der Waals surface area contributed by atoms with Crippen LogP contribution in [0, 0.1) is 35.3 Å². The highest BCUT2D eigenvalue weighted by Crippen LogP contribution is 2.53. The van der Waals surface area contributed by atoms with E-state index in [2.05, 4.69) is 35.5 Å². The Morgan fingerprint density at radius 3 is 2.51 bits per heavy atom. The largest absolute Gasteiger partial charge is 0.504 e. The van der Waals surface area contributed by atoms with Crippen molar-refractivity contribution in [1.29, 1.82) is 0 Å². The number of piperazine rings is 1. The summed E-state index contributed by atoms with van der Waals surface area (Å²) in [6, 6.07) is 8.34. The van der Waals surface area contributed by atoms with Crippen LogP contribution in [-0.2, 0) is 11.3 Å². The lowest BCUT2D eigenvalue weighted by Crippen LogP contribution is -2.58. The molecule has 302 valence electrons. The highest BCUT2D eigenvalue weighted by Gasteiger charge is 2.57. The van der Waals surface area contributed by atoms with Crippen molar-refractivity contribution in [3.8, 4) is 17.0 Å². The number of phenols is 1. The Labute approximate surface area is 326 Å². The maximum absolute atomic E-state index is 15.8. The number of carbonyl (C=O) groups is 2. The monoisotopic (exact) mass is 791 g/mol. The van der Waals surface area contributed by atoms with Crippen LogP contribution in [0.15, 0.2) is 36.4 Å². The maximum atomic E-state index is 15.8. The molecule has 4 N–H and O–H groups in total. The van der Waals surface area contributed by atoms with Crippen LogP contribution in [0.4, 0.5) is 34.8 Å². The van der Waals surface area contributed by atoms with Gasteiger partial charge in [-0.05, 0) is 60.4 Å². The Morgan fingerprint density at radius 2 is 1.72 bits per heavy atom. The Kier molecular flexibility index (Phi) is 8.79. The zero-order valence-corrected chi connectivity index (χ0v) is 31.3. The lowest BCUT2D eigenvalue weighted by atomic mass is 9.91. The fraction of sp³-hybridized carbons (Fsp3) is 0.550. The SMILES string of the molecule is O=C1CCC(N2Cc3ccc(N4CCC(CN5C[C@@H]6C(CN7CCN8c9cc(-c%10cc(F)cc(F)c%10O)nnc9NC[C@H]8C7)[C@@H]6C5)C(F)(F)C4)cc3C2=O)C(O)N1. The number of amides is 2. The predicted octanol–water partition coefficient (Wildman–Crippen LogP) is 2.94. The van der Waals surface area contributed by atoms with Gasteiger partial charge in [-0.2, -0.15) is 0 Å². The molecule has 0 bridgehead atoms. The molecule has 1 aliphatic carbocycles. The van der Waals surface area contributed by atoms with E-state index in [1.165, 1.54) is 0 Å². The molecule has 13 nitrogen and oxygen atoms in total. The number of hydrogen-bond donors (Lipinski definition) is 4. The van der Waals surface area contributed by atoms with Gasteiger partial charge >= 0.3 is 0 Å². The van der Waals surface area contributed by atoms with Crippen molar-refractivity contribution >= 4 is 29.0 Å². The molecule has 7 heterocycles. The molecule has 5 fully saturated rings. The van der Waals surface area contributed by atoms with E-state index in [9.17, 15) is 28.6 Å². The van der Waals surface area contributed by atoms with E-state index in [0.29, 0.717) is 79.9 Å². The van der Waals surface area contributed by atoms with E-state index < -0.39 is 48.0 Å². The van der Waals surface area contributed by atoms with E-state index in [1.807, 2.05) is 6.07 Å². The number of aromatic nitrogens is 2. The van der Waals surface area contributed by atoms with E-state index in [4.69, 9.17) is 0 Å². The van der Waals surface area contributed by atoms with E-state index in [1.54, 1.807) is 28.0 Å². The van der Waals surface area contributed by atoms with Gasteiger partial charge in [-0.3, -0.25) is 14.5 Å². The van der Waals surface area contributed by atoms with Crippen LogP contribution in [0.1, 0.15) is 35.2 Å². The molecular weight excluding hydrogens is 746 g/mol. The molecule has 17 heteroatoms. The number of carbonyl (C=O) groups excluding carboxylic acids is 2. The van der Waals surface area contributed by atoms with Crippen molar-refractivity contribution in [3.05, 3.63) is 59.2 Å². The predicted molar refractivity (Wildman–Crippen MR) is 201 cm³/mol. The minimum absolute atomic E-state index is 0.0503. The normalized spacial score (nSPS) is 30.7. The second kappa shape index (κ2) is 13.7. The Morgan fingerprint density at radius 1 is 0.895 bits per heavy atom. The van der Waals surface area contributed by atoms with Gasteiger partial charge in [0.1, 0.15) is 12.0 Å². The summed E-state index contributed by atoms with van der Waals surface area (Å²) in [4.78, 5) is 35.2. The highest BCUT2D eigenvalue weighted by molar-refractivity contribution is 5.99. The smallest absolute Gasteiger partial charge is 0.269 e. The molecule has 3 aromatic rings. The quantitative estimate of drug-likeness (QED) is 0.263. The van der Waals surface area contributed by atoms with Crippen molar-refractivity contribution < 1.29 is 37.4 Å². The summed E-state index contributed by atoms with van der Waals surface area (Å²) in [5, 5.41) is 34.9. The number of aromatic hydroxyl groups is 1. The van der Waals surface area contributed by atoms with Gasteiger partial charge < -0.3 is 40.4 Å². The van der Waals surface area contributed by atoms with Crippen molar-refractivity contribution in [2.75, 3.05) is 80.6 Å². The fourth-order valence-corrected chi connectivity index (χ4v) is 10.5. The van der Waals surface area contributed by atoms with Crippen LogP contribution < -0.4 is 20.4 Å². The number of likely N-dealkylation sites (tertiary alicyclic amines) is 1. The Hall–Kier alpha value is -4.74. The second-order valence-electron chi connectivity index (χ2n) is 17.0. The standard InChI is InChI=1S/C40H45F4N9O4/c41-23-9-27(36(55)31(42)10-23)32-12-34-37(48-47-32)45-13-25-16-49(7-8-52(25)34)17-28-29-18-50(19-30(28)29)15-22-5-6-51(20-40(22,43)44)24-2-1-21-14-53(39(57)26(21)11-24)33-3-4-35(54)46-38(33)56/h1-2,9-12,22,25,28-30,33,38,55-56H,3-8,13-20H2,(H,45,48)(H,46,54)/t22?,25-,28?,29-,30+,33?,38?/m0/s1. The summed E-state index contributed by atoms with van der Waals surface area (Å²) in [6.07, 6.45) is -0.195. The molecule has 6 aliphatic heterocycles. The molecule has 2 aromatic carbocycles. The van der Waals surface area contributed by atoms with Gasteiger partial charge in [-0.15, -0.1) is 10.2 Å². The molecule has 4 unspecified atom stereocenters. The molecule has 7 aliphatic rings. The number of phenolic OH excluding ortho intramolecular Hbond substituents is 1. The van der Waals surface area contributed by atoms with Crippen LogP contribution in [0.5, 0.6) is 5.75 Å². The number of aliphatic hydroxyl groups is 1. The topological polar surface area (TPSA) is 141 Å². The van der Waals surface area contributed by atoms with Crippen LogP contribution in [0.3, 0.4) is 0 Å². The number of anilines is 3. The van der Waals surface area contributed by atoms with Gasteiger partial charge in [0.15, 0.2) is 17.4 Å². The third kappa shape index (κ3) is 6.51. The number of rotatable bonds is 7. The van der Waals surface area contributed by atoms with Gasteiger partial charge in [-0.25, -0.2) is 17.6 Å². The van der Waals surface area contributed by atoms with Crippen molar-refractivity contribution in [1.82, 2.24) is 30.2 Å². The lowest BCUT2D eigenvalue weighted by Gasteiger charge is -2.46. The number of fused-ring (bicyclic) bond motifs is 5. The summed E-state index contributed by atoms with van der Waals surface area (Å²) in [7, 11) is 0. The third-order valence-corrected chi connectivity index (χ3v) is 13.6. The first-order chi connectivity index (χ1) is 27.4. The van der Waals surface area contributed by atoms with Gasteiger partial charge in [0.2, 0.25) is 5.91 Å². The zero-order chi connectivity index (χ0) is 39.3. The van der Waals surface area contributed by atoms with Crippen LogP contribution in [0.25, 0.3) is 11.3 Å². The average molecular weight is 792 g/mol. The molecule has 0 spiro atoms. The number of alkyl halides is 2. The number of hydrogen-bond acceptors (Lipinski definition) is 11. The lowest BCUT2D eigenvalue weighted by molar-refractivity contribution is -0.129. The molecule has 10 rings (SSSR count). The first-order valence-corrected chi connectivity index (χ1v) is 20.0. The number of nitrogens with zero attached hydrogens (tertiary/aromatic N) is 7. The minimum Gasteiger partial charge on any atom is -0.504 e. The molecule has 1 saturated carbocycles. The fourth-order valence-electron chi connectivity index (χ4n) is 10.5. The molecule has 7 atom stereocenters. The van der Waals surface area contributed by atoms with Gasteiger partial charge in [-0.1, -0.05) is 6.07 Å². The van der Waals surface area contributed by atoms with E-state index in [0.717, 1.165) is 56.6 Å². The second-order valence-corrected chi connectivity index (χ2v) is 17.0. The first kappa shape index (κ1) is 36.6. The Balaban J connectivity index is 0.709.